The first-order valence-electron chi connectivity index (χ1n) is 0.908. The SMILES string of the molecule is [B]C[CH2-].[CH3-].[V].[Y]. The molecule has 0 amide bonds. The summed E-state index contributed by atoms with van der Waals surface area (Å²) in [6.07, 6.45) is 0.500. The van der Waals surface area contributed by atoms with Crippen LogP contribution in [0.5, 0.6) is 0 Å². The summed E-state index contributed by atoms with van der Waals surface area (Å²) in [5.41, 5.74) is 0. The van der Waals surface area contributed by atoms with Gasteiger partial charge in [0.1, 0.15) is 0 Å². The van der Waals surface area contributed by atoms with E-state index >= 15 is 0 Å². The summed E-state index contributed by atoms with van der Waals surface area (Å²) in [6, 6.07) is 0. The third-order valence-electron chi connectivity index (χ3n) is 0. The second-order valence-electron chi connectivity index (χ2n) is 0.289. The molecule has 6 heavy (non-hydrogen) atoms. The minimum absolute atomic E-state index is 0. The van der Waals surface area contributed by atoms with E-state index in [1.165, 1.54) is 0 Å². The summed E-state index contributed by atoms with van der Waals surface area (Å²) in [6.45, 7) is 3.26. The van der Waals surface area contributed by atoms with Crippen molar-refractivity contribution in [3.63, 3.8) is 0 Å². The normalized spacial score (nSPS) is 2.83. The Balaban J connectivity index is -0.00000000667. The molecule has 0 saturated carbocycles. The van der Waals surface area contributed by atoms with Crippen molar-refractivity contribution in [2.24, 2.45) is 0 Å². The largest absolute Gasteiger partial charge is 0.358 e. The third-order valence-corrected chi connectivity index (χ3v) is 0. The van der Waals surface area contributed by atoms with Crippen LogP contribution in [0.25, 0.3) is 0 Å². The van der Waals surface area contributed by atoms with Crippen molar-refractivity contribution < 1.29 is 51.3 Å². The van der Waals surface area contributed by atoms with Crippen LogP contribution in [0, 0.1) is 14.4 Å². The van der Waals surface area contributed by atoms with Gasteiger partial charge < -0.3 is 14.4 Å². The van der Waals surface area contributed by atoms with Gasteiger partial charge >= 0.3 is 0 Å². The third kappa shape index (κ3) is 42.3. The fourth-order valence-corrected chi connectivity index (χ4v) is 0. The standard InChI is InChI=1S/C2H4B.CH3.V.Y/c1-2-3;;;/h1-2H2;1H3;;/q2*-1;;. The van der Waals surface area contributed by atoms with Gasteiger partial charge in [-0.2, -0.15) is 0 Å². The second-order valence-corrected chi connectivity index (χ2v) is 0.289. The van der Waals surface area contributed by atoms with Crippen LogP contribution in [-0.4, -0.2) is 7.85 Å². The number of hydrogen-bond acceptors (Lipinski definition) is 0. The Kier molecular flexibility index (Phi) is 123. The second kappa shape index (κ2) is 29.5. The van der Waals surface area contributed by atoms with Crippen LogP contribution >= 0.6 is 0 Å². The van der Waals surface area contributed by atoms with E-state index in [4.69, 9.17) is 7.85 Å². The summed E-state index contributed by atoms with van der Waals surface area (Å²) in [5.74, 6) is 0. The molecule has 0 fully saturated rings. The van der Waals surface area contributed by atoms with Crippen LogP contribution in [0.15, 0.2) is 0 Å². The number of hydrogen-bond donors (Lipinski definition) is 0. The Labute approximate surface area is 79.0 Å². The molecule has 4 radical (unpaired) electrons. The van der Waals surface area contributed by atoms with Crippen LogP contribution in [0.3, 0.4) is 0 Å². The maximum atomic E-state index is 4.74. The fraction of sp³-hybridized carbons (Fsp3) is 0.333. The van der Waals surface area contributed by atoms with E-state index < -0.39 is 0 Å². The number of rotatable bonds is 0. The Morgan fingerprint density at radius 3 is 1.50 bits per heavy atom. The van der Waals surface area contributed by atoms with Gasteiger partial charge in [-0.25, -0.2) is 6.32 Å². The van der Waals surface area contributed by atoms with Crippen molar-refractivity contribution in [1.29, 1.82) is 0 Å². The molecule has 3 heteroatoms. The first kappa shape index (κ1) is 25.1. The summed E-state index contributed by atoms with van der Waals surface area (Å²) in [5, 5.41) is 0. The molecule has 0 rings (SSSR count). The van der Waals surface area contributed by atoms with E-state index in [2.05, 4.69) is 6.92 Å². The van der Waals surface area contributed by atoms with Crippen LogP contribution in [0.2, 0.25) is 6.32 Å². The van der Waals surface area contributed by atoms with Crippen molar-refractivity contribution in [3.05, 3.63) is 14.4 Å². The van der Waals surface area contributed by atoms with Crippen molar-refractivity contribution in [1.82, 2.24) is 0 Å². The maximum Gasteiger partial charge on any atom is 0.0277 e. The zero-order valence-electron chi connectivity index (χ0n) is 4.02. The van der Waals surface area contributed by atoms with Crippen molar-refractivity contribution in [2.45, 2.75) is 6.32 Å². The summed E-state index contributed by atoms with van der Waals surface area (Å²) in [7, 11) is 4.74. The molecular weight excluding hydrogens is 187 g/mol. The Hall–Kier alpha value is 1.75. The maximum absolute atomic E-state index is 4.74. The first-order chi connectivity index (χ1) is 1.41. The van der Waals surface area contributed by atoms with Gasteiger partial charge in [0.15, 0.2) is 0 Å². The van der Waals surface area contributed by atoms with Gasteiger partial charge in [-0.05, 0) is 0 Å². The van der Waals surface area contributed by atoms with Crippen LogP contribution in [0.1, 0.15) is 0 Å². The fourth-order valence-electron chi connectivity index (χ4n) is 0. The molecule has 0 aromatic carbocycles. The molecule has 0 atom stereocenters. The van der Waals surface area contributed by atoms with E-state index in [1.807, 2.05) is 0 Å². The molecular formula is C3H7BVY-2. The molecule has 0 aliphatic heterocycles. The van der Waals surface area contributed by atoms with E-state index in [1.54, 1.807) is 0 Å². The summed E-state index contributed by atoms with van der Waals surface area (Å²) in [4.78, 5) is 0. The molecule has 0 aromatic heterocycles. The van der Waals surface area contributed by atoms with Crippen molar-refractivity contribution in [2.75, 3.05) is 0 Å². The van der Waals surface area contributed by atoms with E-state index in [-0.39, 0.29) is 58.7 Å². The Morgan fingerprint density at radius 2 is 1.50 bits per heavy atom. The molecule has 0 spiro atoms. The predicted octanol–water partition coefficient (Wildman–Crippen LogP) is 0.853. The molecule has 0 heterocycles. The minimum atomic E-state index is 0. The van der Waals surface area contributed by atoms with Gasteiger partial charge in [-0.1, -0.05) is 0 Å². The van der Waals surface area contributed by atoms with Gasteiger partial charge in [-0.15, -0.1) is 0 Å². The van der Waals surface area contributed by atoms with Crippen molar-refractivity contribution >= 4 is 7.85 Å². The average molecular weight is 194 g/mol. The molecule has 0 aromatic rings. The summed E-state index contributed by atoms with van der Waals surface area (Å²) < 4.78 is 0. The monoisotopic (exact) mass is 194 g/mol. The van der Waals surface area contributed by atoms with E-state index in [0.29, 0.717) is 6.32 Å². The molecule has 32 valence electrons. The quantitative estimate of drug-likeness (QED) is 0.396. The van der Waals surface area contributed by atoms with Crippen LogP contribution in [0.4, 0.5) is 0 Å². The van der Waals surface area contributed by atoms with E-state index in [9.17, 15) is 0 Å². The first-order valence-corrected chi connectivity index (χ1v) is 0.908. The average Bonchev–Trinajstić information content (AvgIpc) is 0.918. The summed E-state index contributed by atoms with van der Waals surface area (Å²) >= 11 is 0. The minimum Gasteiger partial charge on any atom is -0.358 e. The van der Waals surface area contributed by atoms with Gasteiger partial charge in [0.05, 0.1) is 0 Å². The van der Waals surface area contributed by atoms with Gasteiger partial charge in [0.25, 0.3) is 0 Å². The van der Waals surface area contributed by atoms with Gasteiger partial charge in [0, 0.05) is 59.1 Å². The molecule has 0 aliphatic rings. The topological polar surface area (TPSA) is 0 Å². The molecule has 0 aliphatic carbocycles. The zero-order chi connectivity index (χ0) is 2.71. The molecule has 0 nitrogen and oxygen atoms in total. The zero-order valence-corrected chi connectivity index (χ0v) is 8.25. The van der Waals surface area contributed by atoms with Crippen LogP contribution < -0.4 is 0 Å². The molecule has 0 unspecified atom stereocenters. The van der Waals surface area contributed by atoms with Crippen LogP contribution in [-0.2, 0) is 51.3 Å². The van der Waals surface area contributed by atoms with Crippen molar-refractivity contribution in [3.8, 4) is 0 Å². The smallest absolute Gasteiger partial charge is 0.0277 e. The van der Waals surface area contributed by atoms with E-state index in [0.717, 1.165) is 0 Å². The predicted molar refractivity (Wildman–Crippen MR) is 22.3 cm³/mol. The molecule has 0 saturated heterocycles. The Bertz CT molecular complexity index is 10.8. The Morgan fingerprint density at radius 1 is 1.50 bits per heavy atom. The van der Waals surface area contributed by atoms with Gasteiger partial charge in [0.2, 0.25) is 0 Å². The molecule has 0 bridgehead atoms. The molecule has 0 N–H and O–H groups in total. The van der Waals surface area contributed by atoms with Gasteiger partial charge in [-0.3, -0.25) is 0 Å².